The van der Waals surface area contributed by atoms with Gasteiger partial charge in [0.25, 0.3) is 0 Å². The second kappa shape index (κ2) is 11.1. The second-order valence-corrected chi connectivity index (χ2v) is 8.75. The molecule has 0 aliphatic carbocycles. The van der Waals surface area contributed by atoms with E-state index in [0.29, 0.717) is 37.0 Å². The molecule has 2 atom stereocenters. The molecule has 37 heavy (non-hydrogen) atoms. The number of carbonyl (C=O) groups excluding carboxylic acids is 2. The van der Waals surface area contributed by atoms with Crippen LogP contribution in [0.25, 0.3) is 0 Å². The molecule has 0 saturated carbocycles. The summed E-state index contributed by atoms with van der Waals surface area (Å²) < 4.78 is 47.4. The molecule has 2 aromatic carbocycles. The zero-order chi connectivity index (χ0) is 27.4. The standard InChI is InChI=1S/C26H29F3N2O6/c1-4-7-20(16-8-14-19(15-9-16)37-26(27,28)29)30-24(35)31-22(34)25(5-2,6-3)23(31)36-18-12-10-17(11-13-18)21(32)33/h8-15,20,23H,4-7H2,1-3H3,(H,30,35)(H,32,33)/t20-,23+/m1/s1. The largest absolute Gasteiger partial charge is 0.573 e. The number of hydrogen-bond donors (Lipinski definition) is 2. The lowest BCUT2D eigenvalue weighted by Crippen LogP contribution is -2.73. The first-order valence-corrected chi connectivity index (χ1v) is 12.0. The number of ether oxygens (including phenoxy) is 2. The zero-order valence-corrected chi connectivity index (χ0v) is 20.7. The Kier molecular flexibility index (Phi) is 8.35. The third kappa shape index (κ3) is 5.98. The van der Waals surface area contributed by atoms with E-state index in [0.717, 1.165) is 17.0 Å². The van der Waals surface area contributed by atoms with E-state index in [1.165, 1.54) is 36.4 Å². The fraction of sp³-hybridized carbons (Fsp3) is 0.423. The smallest absolute Gasteiger partial charge is 0.478 e. The monoisotopic (exact) mass is 522 g/mol. The molecule has 0 unspecified atom stereocenters. The molecular formula is C26H29F3N2O6. The molecule has 1 aliphatic heterocycles. The van der Waals surface area contributed by atoms with E-state index in [2.05, 4.69) is 10.1 Å². The molecular weight excluding hydrogens is 493 g/mol. The summed E-state index contributed by atoms with van der Waals surface area (Å²) in [7, 11) is 0. The van der Waals surface area contributed by atoms with Gasteiger partial charge in [0.05, 0.1) is 11.6 Å². The van der Waals surface area contributed by atoms with Crippen molar-refractivity contribution in [1.29, 1.82) is 0 Å². The lowest BCUT2D eigenvalue weighted by atomic mass is 9.72. The van der Waals surface area contributed by atoms with Crippen LogP contribution in [0.1, 0.15) is 68.4 Å². The summed E-state index contributed by atoms with van der Waals surface area (Å²) in [6.45, 7) is 5.54. The number of amides is 3. The van der Waals surface area contributed by atoms with E-state index >= 15 is 0 Å². The third-order valence-electron chi connectivity index (χ3n) is 6.57. The number of likely N-dealkylation sites (tertiary alicyclic amines) is 1. The van der Waals surface area contributed by atoms with Crippen LogP contribution in [0.2, 0.25) is 0 Å². The maximum atomic E-state index is 13.3. The van der Waals surface area contributed by atoms with Gasteiger partial charge in [-0.1, -0.05) is 39.3 Å². The van der Waals surface area contributed by atoms with Crippen LogP contribution in [-0.4, -0.2) is 40.5 Å². The Morgan fingerprint density at radius 3 is 2.08 bits per heavy atom. The van der Waals surface area contributed by atoms with Gasteiger partial charge in [0, 0.05) is 0 Å². The van der Waals surface area contributed by atoms with E-state index in [-0.39, 0.29) is 11.3 Å². The molecule has 0 bridgehead atoms. The Morgan fingerprint density at radius 1 is 1.03 bits per heavy atom. The Bertz CT molecular complexity index is 1110. The highest BCUT2D eigenvalue weighted by Gasteiger charge is 2.63. The SMILES string of the molecule is CCC[C@@H](NC(=O)N1C(=O)C(CC)(CC)[C@@H]1Oc1ccc(C(=O)O)cc1)c1ccc(OC(F)(F)F)cc1. The topological polar surface area (TPSA) is 105 Å². The lowest BCUT2D eigenvalue weighted by molar-refractivity contribution is -0.274. The average Bonchev–Trinajstić information content (AvgIpc) is 2.84. The number of carboxylic acids is 1. The van der Waals surface area contributed by atoms with Crippen molar-refractivity contribution in [1.82, 2.24) is 10.2 Å². The second-order valence-electron chi connectivity index (χ2n) is 8.75. The number of carboxylic acid groups (broad SMARTS) is 1. The van der Waals surface area contributed by atoms with E-state index in [1.807, 2.05) is 20.8 Å². The minimum absolute atomic E-state index is 0.0675. The summed E-state index contributed by atoms with van der Waals surface area (Å²) in [6.07, 6.45) is -3.77. The molecule has 0 spiro atoms. The zero-order valence-electron chi connectivity index (χ0n) is 20.7. The van der Waals surface area contributed by atoms with Crippen molar-refractivity contribution in [2.24, 2.45) is 5.41 Å². The van der Waals surface area contributed by atoms with Crippen LogP contribution in [0.4, 0.5) is 18.0 Å². The predicted molar refractivity (Wildman–Crippen MR) is 127 cm³/mol. The number of nitrogens with one attached hydrogen (secondary N) is 1. The molecule has 1 saturated heterocycles. The lowest BCUT2D eigenvalue weighted by Gasteiger charge is -2.53. The summed E-state index contributed by atoms with van der Waals surface area (Å²) in [6, 6.07) is 9.59. The number of nitrogens with zero attached hydrogens (tertiary/aromatic N) is 1. The first-order valence-electron chi connectivity index (χ1n) is 12.0. The Hall–Kier alpha value is -3.76. The first-order chi connectivity index (χ1) is 17.5. The normalized spacial score (nSPS) is 17.5. The molecule has 8 nitrogen and oxygen atoms in total. The molecule has 1 fully saturated rings. The number of urea groups is 1. The van der Waals surface area contributed by atoms with E-state index in [4.69, 9.17) is 9.84 Å². The Labute approximate surface area is 212 Å². The molecule has 0 radical (unpaired) electrons. The van der Waals surface area contributed by atoms with Crippen molar-refractivity contribution in [2.75, 3.05) is 0 Å². The maximum Gasteiger partial charge on any atom is 0.573 e. The van der Waals surface area contributed by atoms with Crippen molar-refractivity contribution in [2.45, 2.75) is 65.1 Å². The first kappa shape index (κ1) is 27.8. The molecule has 1 heterocycles. The highest BCUT2D eigenvalue weighted by Crippen LogP contribution is 2.46. The van der Waals surface area contributed by atoms with E-state index in [9.17, 15) is 27.6 Å². The summed E-state index contributed by atoms with van der Waals surface area (Å²) >= 11 is 0. The van der Waals surface area contributed by atoms with Crippen molar-refractivity contribution < 1.29 is 42.1 Å². The summed E-state index contributed by atoms with van der Waals surface area (Å²) in [4.78, 5) is 38.6. The molecule has 1 aliphatic rings. The fourth-order valence-electron chi connectivity index (χ4n) is 4.44. The Balaban J connectivity index is 1.81. The van der Waals surface area contributed by atoms with Gasteiger partial charge in [-0.15, -0.1) is 13.2 Å². The maximum absolute atomic E-state index is 13.3. The van der Waals surface area contributed by atoms with Crippen LogP contribution in [0, 0.1) is 5.41 Å². The minimum atomic E-state index is -4.82. The average molecular weight is 523 g/mol. The van der Waals surface area contributed by atoms with Gasteiger partial charge in [0.1, 0.15) is 16.9 Å². The highest BCUT2D eigenvalue weighted by molar-refractivity contribution is 6.03. The number of benzene rings is 2. The van der Waals surface area contributed by atoms with Crippen LogP contribution in [-0.2, 0) is 4.79 Å². The fourth-order valence-corrected chi connectivity index (χ4v) is 4.44. The van der Waals surface area contributed by atoms with E-state index in [1.54, 1.807) is 0 Å². The van der Waals surface area contributed by atoms with Gasteiger partial charge in [-0.2, -0.15) is 0 Å². The van der Waals surface area contributed by atoms with Crippen molar-refractivity contribution >= 4 is 17.9 Å². The number of hydrogen-bond acceptors (Lipinski definition) is 5. The van der Waals surface area contributed by atoms with Gasteiger partial charge in [0.15, 0.2) is 6.23 Å². The molecule has 11 heteroatoms. The van der Waals surface area contributed by atoms with Gasteiger partial charge in [0.2, 0.25) is 5.91 Å². The molecule has 3 amide bonds. The molecule has 3 rings (SSSR count). The number of alkyl halides is 3. The van der Waals surface area contributed by atoms with Crippen molar-refractivity contribution in [3.8, 4) is 11.5 Å². The minimum Gasteiger partial charge on any atom is -0.478 e. The highest BCUT2D eigenvalue weighted by atomic mass is 19.4. The van der Waals surface area contributed by atoms with Crippen LogP contribution in [0.15, 0.2) is 48.5 Å². The van der Waals surface area contributed by atoms with Gasteiger partial charge >= 0.3 is 18.4 Å². The number of halogens is 3. The van der Waals surface area contributed by atoms with Gasteiger partial charge in [-0.3, -0.25) is 4.79 Å². The predicted octanol–water partition coefficient (Wildman–Crippen LogP) is 5.89. The van der Waals surface area contributed by atoms with Crippen molar-refractivity contribution in [3.05, 3.63) is 59.7 Å². The van der Waals surface area contributed by atoms with Gasteiger partial charge < -0.3 is 19.9 Å². The van der Waals surface area contributed by atoms with Crippen LogP contribution in [0.3, 0.4) is 0 Å². The molecule has 2 aromatic rings. The number of carbonyl (C=O) groups is 3. The summed E-state index contributed by atoms with van der Waals surface area (Å²) in [5.74, 6) is -1.57. The number of aromatic carboxylic acids is 1. The third-order valence-corrected chi connectivity index (χ3v) is 6.57. The quantitative estimate of drug-likeness (QED) is 0.377. The van der Waals surface area contributed by atoms with E-state index < -0.39 is 42.0 Å². The number of β-lactam (4-membered cyclic amide) rings is 1. The van der Waals surface area contributed by atoms with Gasteiger partial charge in [-0.25, -0.2) is 14.5 Å². The van der Waals surface area contributed by atoms with Crippen LogP contribution >= 0.6 is 0 Å². The molecule has 200 valence electrons. The number of rotatable bonds is 10. The summed E-state index contributed by atoms with van der Waals surface area (Å²) in [5, 5.41) is 11.9. The van der Waals surface area contributed by atoms with Crippen LogP contribution < -0.4 is 14.8 Å². The van der Waals surface area contributed by atoms with Crippen molar-refractivity contribution in [3.63, 3.8) is 0 Å². The molecule has 0 aromatic heterocycles. The van der Waals surface area contributed by atoms with Crippen LogP contribution in [0.5, 0.6) is 11.5 Å². The Morgan fingerprint density at radius 2 is 1.59 bits per heavy atom. The number of imide groups is 1. The van der Waals surface area contributed by atoms with Gasteiger partial charge in [-0.05, 0) is 61.2 Å². The summed E-state index contributed by atoms with van der Waals surface area (Å²) in [5.41, 5.74) is -0.311. The molecule has 2 N–H and O–H groups in total.